The molecule has 0 bridgehead atoms. The summed E-state index contributed by atoms with van der Waals surface area (Å²) in [4.78, 5) is 0. The van der Waals surface area contributed by atoms with Crippen LogP contribution in [0.3, 0.4) is 0 Å². The maximum absolute atomic E-state index is 6.66. The molecule has 0 aromatic heterocycles. The van der Waals surface area contributed by atoms with E-state index < -0.39 is 16.6 Å². The Morgan fingerprint density at radius 1 is 0.880 bits per heavy atom. The Labute approximate surface area is 156 Å². The van der Waals surface area contributed by atoms with Gasteiger partial charge in [-0.15, -0.1) is 0 Å². The van der Waals surface area contributed by atoms with E-state index in [1.807, 2.05) is 0 Å². The summed E-state index contributed by atoms with van der Waals surface area (Å²) in [6.07, 6.45) is 5.39. The predicted molar refractivity (Wildman–Crippen MR) is 113 cm³/mol. The zero-order chi connectivity index (χ0) is 19.3. The monoisotopic (exact) mass is 375 g/mol. The normalized spacial score (nSPS) is 18.4. The first-order valence-corrected chi connectivity index (χ1v) is 15.1. The molecule has 0 saturated heterocycles. The Hall–Kier alpha value is -0.846. The molecule has 2 rings (SSSR count). The van der Waals surface area contributed by atoms with Crippen molar-refractivity contribution in [2.75, 3.05) is 0 Å². The summed E-state index contributed by atoms with van der Waals surface area (Å²) in [5.74, 6) is 0.981. The molecule has 1 aliphatic rings. The second kappa shape index (κ2) is 6.40. The van der Waals surface area contributed by atoms with Crippen LogP contribution in [-0.2, 0) is 4.43 Å². The van der Waals surface area contributed by atoms with Crippen LogP contribution < -0.4 is 4.43 Å². The van der Waals surface area contributed by atoms with Gasteiger partial charge < -0.3 is 8.85 Å². The van der Waals surface area contributed by atoms with Gasteiger partial charge in [0, 0.05) is 5.56 Å². The zero-order valence-electron chi connectivity index (χ0n) is 17.7. The SMILES string of the molecule is CC(C)(C)[Si](C)(C)Oc1cccc2c1C(O[Si](C)(C)C(C)(C)C)[C]=C2. The van der Waals surface area contributed by atoms with Crippen LogP contribution in [0.4, 0.5) is 0 Å². The van der Waals surface area contributed by atoms with E-state index >= 15 is 0 Å². The Morgan fingerprint density at radius 3 is 1.96 bits per heavy atom. The van der Waals surface area contributed by atoms with Gasteiger partial charge in [0.1, 0.15) is 11.9 Å². The molecule has 1 radical (unpaired) electrons. The number of benzene rings is 1. The summed E-state index contributed by atoms with van der Waals surface area (Å²) in [5.41, 5.74) is 2.34. The minimum Gasteiger partial charge on any atom is -0.543 e. The van der Waals surface area contributed by atoms with Gasteiger partial charge in [-0.3, -0.25) is 0 Å². The maximum Gasteiger partial charge on any atom is 0.250 e. The van der Waals surface area contributed by atoms with E-state index in [0.717, 1.165) is 11.3 Å². The lowest BCUT2D eigenvalue weighted by molar-refractivity contribution is 0.223. The molecule has 1 unspecified atom stereocenters. The fraction of sp³-hybridized carbons (Fsp3) is 0.619. The van der Waals surface area contributed by atoms with E-state index in [4.69, 9.17) is 8.85 Å². The second-order valence-electron chi connectivity index (χ2n) is 10.2. The molecule has 1 aliphatic carbocycles. The third-order valence-electron chi connectivity index (χ3n) is 6.14. The Balaban J connectivity index is 2.37. The van der Waals surface area contributed by atoms with Gasteiger partial charge in [-0.05, 0) is 60.0 Å². The van der Waals surface area contributed by atoms with Crippen LogP contribution in [0.5, 0.6) is 5.75 Å². The molecule has 0 amide bonds. The molecule has 25 heavy (non-hydrogen) atoms. The molecule has 0 fully saturated rings. The van der Waals surface area contributed by atoms with Gasteiger partial charge in [0.25, 0.3) is 0 Å². The molecule has 2 nitrogen and oxygen atoms in total. The topological polar surface area (TPSA) is 18.5 Å². The summed E-state index contributed by atoms with van der Waals surface area (Å²) < 4.78 is 13.3. The molecule has 139 valence electrons. The molecule has 0 spiro atoms. The number of fused-ring (bicyclic) bond motifs is 1. The Bertz CT molecular complexity index is 661. The quantitative estimate of drug-likeness (QED) is 0.529. The Morgan fingerprint density at radius 2 is 1.44 bits per heavy atom. The van der Waals surface area contributed by atoms with Crippen LogP contribution >= 0.6 is 0 Å². The van der Waals surface area contributed by atoms with Crippen molar-refractivity contribution in [1.29, 1.82) is 0 Å². The first-order chi connectivity index (χ1) is 11.2. The van der Waals surface area contributed by atoms with Crippen molar-refractivity contribution < 1.29 is 8.85 Å². The van der Waals surface area contributed by atoms with E-state index in [1.165, 1.54) is 5.56 Å². The average molecular weight is 376 g/mol. The van der Waals surface area contributed by atoms with Gasteiger partial charge in [-0.1, -0.05) is 53.7 Å². The number of hydrogen-bond acceptors (Lipinski definition) is 2. The van der Waals surface area contributed by atoms with E-state index in [1.54, 1.807) is 0 Å². The van der Waals surface area contributed by atoms with E-state index in [0.29, 0.717) is 0 Å². The number of rotatable bonds is 4. The first kappa shape index (κ1) is 20.5. The zero-order valence-corrected chi connectivity index (χ0v) is 19.7. The van der Waals surface area contributed by atoms with Crippen LogP contribution in [0.2, 0.25) is 36.3 Å². The molecule has 1 atom stereocenters. The van der Waals surface area contributed by atoms with Crippen LogP contribution in [0.1, 0.15) is 58.8 Å². The standard InChI is InChI=1S/C21H35O2Si2/c1-20(2,3)24(7,8)22-17-13-11-12-16-14-15-18(19(16)17)23-25(9,10)21(4,5)6/h11-14,18H,1-10H3. The van der Waals surface area contributed by atoms with Crippen molar-refractivity contribution in [3.63, 3.8) is 0 Å². The van der Waals surface area contributed by atoms with E-state index in [2.05, 4.69) is 98.1 Å². The molecule has 4 heteroatoms. The highest BCUT2D eigenvalue weighted by Crippen LogP contribution is 2.46. The smallest absolute Gasteiger partial charge is 0.250 e. The van der Waals surface area contributed by atoms with Gasteiger partial charge in [0.2, 0.25) is 8.32 Å². The van der Waals surface area contributed by atoms with Gasteiger partial charge >= 0.3 is 0 Å². The van der Waals surface area contributed by atoms with Crippen molar-refractivity contribution in [3.05, 3.63) is 35.4 Å². The van der Waals surface area contributed by atoms with Crippen LogP contribution in [0.15, 0.2) is 18.2 Å². The molecular weight excluding hydrogens is 340 g/mol. The van der Waals surface area contributed by atoms with Crippen LogP contribution in [0.25, 0.3) is 6.08 Å². The molecule has 1 aromatic carbocycles. The Kier molecular flexibility index (Phi) is 5.24. The highest BCUT2D eigenvalue weighted by molar-refractivity contribution is 6.75. The summed E-state index contributed by atoms with van der Waals surface area (Å²) in [5, 5.41) is 0.341. The van der Waals surface area contributed by atoms with Crippen LogP contribution in [0, 0.1) is 6.08 Å². The lowest BCUT2D eigenvalue weighted by Crippen LogP contribution is -2.44. The van der Waals surface area contributed by atoms with Crippen molar-refractivity contribution in [2.24, 2.45) is 0 Å². The highest BCUT2D eigenvalue weighted by atomic mass is 28.4. The van der Waals surface area contributed by atoms with Crippen LogP contribution in [-0.4, -0.2) is 16.6 Å². The van der Waals surface area contributed by atoms with Crippen molar-refractivity contribution in [3.8, 4) is 5.75 Å². The predicted octanol–water partition coefficient (Wildman–Crippen LogP) is 6.96. The van der Waals surface area contributed by atoms with E-state index in [-0.39, 0.29) is 16.2 Å². The summed E-state index contributed by atoms with van der Waals surface area (Å²) >= 11 is 0. The minimum atomic E-state index is -1.90. The largest absolute Gasteiger partial charge is 0.543 e. The molecule has 1 aromatic rings. The molecule has 0 N–H and O–H groups in total. The molecular formula is C21H35O2Si2. The first-order valence-electron chi connectivity index (χ1n) is 9.25. The van der Waals surface area contributed by atoms with Gasteiger partial charge in [-0.25, -0.2) is 0 Å². The molecule has 0 saturated carbocycles. The third kappa shape index (κ3) is 4.12. The van der Waals surface area contributed by atoms with Gasteiger partial charge in [0.05, 0.1) is 0 Å². The minimum absolute atomic E-state index is 0.114. The molecule has 0 heterocycles. The van der Waals surface area contributed by atoms with Gasteiger partial charge in [0.15, 0.2) is 8.32 Å². The summed E-state index contributed by atoms with van der Waals surface area (Å²) in [6, 6.07) is 6.31. The average Bonchev–Trinajstić information content (AvgIpc) is 2.79. The lowest BCUT2D eigenvalue weighted by Gasteiger charge is -2.40. The molecule has 0 aliphatic heterocycles. The fourth-order valence-electron chi connectivity index (χ4n) is 2.30. The van der Waals surface area contributed by atoms with Crippen molar-refractivity contribution in [2.45, 2.75) is 83.9 Å². The van der Waals surface area contributed by atoms with E-state index in [9.17, 15) is 0 Å². The summed E-state index contributed by atoms with van der Waals surface area (Å²) in [6.45, 7) is 22.8. The van der Waals surface area contributed by atoms with Crippen molar-refractivity contribution in [1.82, 2.24) is 0 Å². The third-order valence-corrected chi connectivity index (χ3v) is 14.9. The van der Waals surface area contributed by atoms with Crippen molar-refractivity contribution >= 4 is 22.7 Å². The fourth-order valence-corrected chi connectivity index (χ4v) is 4.46. The lowest BCUT2D eigenvalue weighted by atomic mass is 10.1. The number of hydrogen-bond donors (Lipinski definition) is 0. The summed E-state index contributed by atoms with van der Waals surface area (Å²) in [7, 11) is -3.78. The highest BCUT2D eigenvalue weighted by Gasteiger charge is 2.42. The second-order valence-corrected chi connectivity index (χ2v) is 19.7. The van der Waals surface area contributed by atoms with Gasteiger partial charge in [-0.2, -0.15) is 0 Å². The maximum atomic E-state index is 6.66.